The Bertz CT molecular complexity index is 810. The summed E-state index contributed by atoms with van der Waals surface area (Å²) in [5.74, 6) is 2.17. The Morgan fingerprint density at radius 3 is 2.38 bits per heavy atom. The average Bonchev–Trinajstić information content (AvgIpc) is 2.75. The number of anilines is 1. The van der Waals surface area contributed by atoms with Crippen LogP contribution < -0.4 is 9.64 Å². The van der Waals surface area contributed by atoms with Crippen LogP contribution in [0.25, 0.3) is 0 Å². The van der Waals surface area contributed by atoms with Crippen LogP contribution in [0.1, 0.15) is 36.8 Å². The zero-order valence-corrected chi connectivity index (χ0v) is 17.5. The lowest BCUT2D eigenvalue weighted by atomic mass is 9.80. The molecule has 0 spiro atoms. The molecule has 2 heterocycles. The van der Waals surface area contributed by atoms with Crippen molar-refractivity contribution in [3.05, 3.63) is 53.6 Å². The van der Waals surface area contributed by atoms with Gasteiger partial charge >= 0.3 is 0 Å². The molecule has 2 aliphatic rings. The van der Waals surface area contributed by atoms with Crippen LogP contribution in [0.5, 0.6) is 11.5 Å². The Balaban J connectivity index is 1.48. The van der Waals surface area contributed by atoms with Crippen molar-refractivity contribution in [2.75, 3.05) is 38.8 Å². The van der Waals surface area contributed by atoms with Crippen molar-refractivity contribution in [2.45, 2.75) is 32.0 Å². The molecular weight excluding hydrogens is 366 g/mol. The molecule has 1 saturated heterocycles. The number of phenolic OH excluding ortho intramolecular Hbond substituents is 1. The monoisotopic (exact) mass is 397 g/mol. The maximum absolute atomic E-state index is 9.77. The summed E-state index contributed by atoms with van der Waals surface area (Å²) < 4.78 is 16.7. The van der Waals surface area contributed by atoms with E-state index in [0.29, 0.717) is 18.4 Å². The van der Waals surface area contributed by atoms with E-state index in [1.807, 2.05) is 6.07 Å². The lowest BCUT2D eigenvalue weighted by molar-refractivity contribution is -0.141. The molecule has 0 saturated carbocycles. The zero-order chi connectivity index (χ0) is 20.4. The Morgan fingerprint density at radius 1 is 1.03 bits per heavy atom. The molecule has 4 rings (SSSR count). The number of piperidine rings is 1. The van der Waals surface area contributed by atoms with Crippen molar-refractivity contribution in [3.63, 3.8) is 0 Å². The predicted molar refractivity (Wildman–Crippen MR) is 114 cm³/mol. The van der Waals surface area contributed by atoms with Crippen LogP contribution in [0, 0.1) is 11.8 Å². The van der Waals surface area contributed by atoms with E-state index in [-0.39, 0.29) is 18.0 Å². The molecule has 2 aromatic rings. The number of nitrogens with zero attached hydrogens (tertiary/aromatic N) is 1. The molecule has 2 aliphatic heterocycles. The van der Waals surface area contributed by atoms with Gasteiger partial charge in [0.1, 0.15) is 11.5 Å². The summed E-state index contributed by atoms with van der Waals surface area (Å²) in [6.07, 6.45) is 2.04. The number of hydrogen-bond donors (Lipinski definition) is 1. The molecule has 2 atom stereocenters. The highest BCUT2D eigenvalue weighted by atomic mass is 16.7. The van der Waals surface area contributed by atoms with E-state index in [0.717, 1.165) is 37.2 Å². The molecular formula is C24H31NO4. The van der Waals surface area contributed by atoms with Crippen molar-refractivity contribution >= 4 is 5.69 Å². The summed E-state index contributed by atoms with van der Waals surface area (Å²) in [5, 5.41) is 9.77. The molecule has 0 radical (unpaired) electrons. The van der Waals surface area contributed by atoms with Crippen LogP contribution in [-0.2, 0) is 9.47 Å². The molecule has 1 N–H and O–H groups in total. The summed E-state index contributed by atoms with van der Waals surface area (Å²) in [6.45, 7) is 4.92. The van der Waals surface area contributed by atoms with Gasteiger partial charge in [0.25, 0.3) is 0 Å². The number of benzene rings is 2. The van der Waals surface area contributed by atoms with Gasteiger partial charge in [0.05, 0.1) is 6.61 Å². The summed E-state index contributed by atoms with van der Waals surface area (Å²) in [7, 11) is 3.44. The van der Waals surface area contributed by atoms with Crippen molar-refractivity contribution < 1.29 is 19.3 Å². The minimum atomic E-state index is -0.103. The molecule has 0 aliphatic carbocycles. The Labute approximate surface area is 173 Å². The van der Waals surface area contributed by atoms with Gasteiger partial charge in [-0.3, -0.25) is 0 Å². The maximum atomic E-state index is 9.77. The van der Waals surface area contributed by atoms with Gasteiger partial charge < -0.3 is 24.2 Å². The summed E-state index contributed by atoms with van der Waals surface area (Å²) in [6, 6.07) is 14.4. The van der Waals surface area contributed by atoms with Gasteiger partial charge in [-0.05, 0) is 36.6 Å². The van der Waals surface area contributed by atoms with Crippen LogP contribution in [0.2, 0.25) is 0 Å². The van der Waals surface area contributed by atoms with Crippen LogP contribution in [0.15, 0.2) is 42.5 Å². The molecule has 29 heavy (non-hydrogen) atoms. The summed E-state index contributed by atoms with van der Waals surface area (Å²) in [4.78, 5) is 2.45. The van der Waals surface area contributed by atoms with Gasteiger partial charge in [0, 0.05) is 62.4 Å². The number of hydrogen-bond acceptors (Lipinski definition) is 5. The Kier molecular flexibility index (Phi) is 5.97. The third-order valence-corrected chi connectivity index (χ3v) is 6.41. The zero-order valence-electron chi connectivity index (χ0n) is 17.5. The summed E-state index contributed by atoms with van der Waals surface area (Å²) in [5.41, 5.74) is 3.72. The van der Waals surface area contributed by atoms with Crippen LogP contribution in [0.3, 0.4) is 0 Å². The maximum Gasteiger partial charge on any atom is 0.159 e. The lowest BCUT2D eigenvalue weighted by Crippen LogP contribution is -2.39. The fourth-order valence-electron chi connectivity index (χ4n) is 4.84. The predicted octanol–water partition coefficient (Wildman–Crippen LogP) is 4.39. The van der Waals surface area contributed by atoms with E-state index in [1.165, 1.54) is 11.3 Å². The smallest absolute Gasteiger partial charge is 0.159 e. The minimum absolute atomic E-state index is 0.103. The molecule has 0 amide bonds. The molecule has 0 unspecified atom stereocenters. The molecule has 0 bridgehead atoms. The van der Waals surface area contributed by atoms with Gasteiger partial charge in [-0.2, -0.15) is 0 Å². The quantitative estimate of drug-likeness (QED) is 0.759. The largest absolute Gasteiger partial charge is 0.508 e. The van der Waals surface area contributed by atoms with Gasteiger partial charge in [-0.25, -0.2) is 0 Å². The molecule has 1 fully saturated rings. The van der Waals surface area contributed by atoms with Gasteiger partial charge in [-0.1, -0.05) is 25.1 Å². The van der Waals surface area contributed by atoms with E-state index < -0.39 is 0 Å². The minimum Gasteiger partial charge on any atom is -0.508 e. The first-order chi connectivity index (χ1) is 14.1. The Morgan fingerprint density at radius 2 is 1.72 bits per heavy atom. The second-order valence-electron chi connectivity index (χ2n) is 8.24. The van der Waals surface area contributed by atoms with Crippen LogP contribution in [-0.4, -0.2) is 45.3 Å². The number of ether oxygens (including phenoxy) is 3. The number of aromatic hydroxyl groups is 1. The summed E-state index contributed by atoms with van der Waals surface area (Å²) >= 11 is 0. The van der Waals surface area contributed by atoms with Gasteiger partial charge in [-0.15, -0.1) is 0 Å². The highest BCUT2D eigenvalue weighted by Crippen LogP contribution is 2.43. The second-order valence-corrected chi connectivity index (χ2v) is 8.24. The SMILES string of the molecule is COC(OC)C1CCN(c2ccc([C@H]3c4ccc(O)cc4OC[C@H]3C)cc2)CC1. The van der Waals surface area contributed by atoms with E-state index in [4.69, 9.17) is 14.2 Å². The molecule has 5 heteroatoms. The van der Waals surface area contributed by atoms with Crippen molar-refractivity contribution in [1.82, 2.24) is 0 Å². The Hall–Kier alpha value is -2.24. The highest BCUT2D eigenvalue weighted by molar-refractivity contribution is 5.52. The van der Waals surface area contributed by atoms with Crippen LogP contribution in [0.4, 0.5) is 5.69 Å². The number of phenols is 1. The van der Waals surface area contributed by atoms with E-state index in [9.17, 15) is 5.11 Å². The van der Waals surface area contributed by atoms with Crippen molar-refractivity contribution in [2.24, 2.45) is 11.8 Å². The number of rotatable bonds is 5. The second kappa shape index (κ2) is 8.64. The molecule has 0 aromatic heterocycles. The van der Waals surface area contributed by atoms with Gasteiger partial charge in [0.2, 0.25) is 0 Å². The van der Waals surface area contributed by atoms with Crippen LogP contribution >= 0.6 is 0 Å². The third kappa shape index (κ3) is 4.07. The first-order valence-electron chi connectivity index (χ1n) is 10.5. The number of fused-ring (bicyclic) bond motifs is 1. The highest BCUT2D eigenvalue weighted by Gasteiger charge is 2.30. The molecule has 156 valence electrons. The van der Waals surface area contributed by atoms with E-state index in [1.54, 1.807) is 26.4 Å². The first-order valence-corrected chi connectivity index (χ1v) is 10.5. The first kappa shape index (κ1) is 20.0. The standard InChI is InChI=1S/C24H31NO4/c1-16-15-29-22-14-20(26)8-9-21(22)23(16)17-4-6-19(7-5-17)25-12-10-18(11-13-25)24(27-2)28-3/h4-9,14,16,18,23-24,26H,10-13,15H2,1-3H3/t16-,23+/m1/s1. The molecule has 2 aromatic carbocycles. The lowest BCUT2D eigenvalue weighted by Gasteiger charge is -2.36. The topological polar surface area (TPSA) is 51.2 Å². The van der Waals surface area contributed by atoms with Crippen molar-refractivity contribution in [1.29, 1.82) is 0 Å². The number of methoxy groups -OCH3 is 2. The molecule has 5 nitrogen and oxygen atoms in total. The fraction of sp³-hybridized carbons (Fsp3) is 0.500. The van der Waals surface area contributed by atoms with Gasteiger partial charge in [0.15, 0.2) is 6.29 Å². The normalized spacial score (nSPS) is 22.4. The average molecular weight is 398 g/mol. The van der Waals surface area contributed by atoms with E-state index in [2.05, 4.69) is 36.1 Å². The third-order valence-electron chi connectivity index (χ3n) is 6.41. The van der Waals surface area contributed by atoms with Crippen molar-refractivity contribution in [3.8, 4) is 11.5 Å². The fourth-order valence-corrected chi connectivity index (χ4v) is 4.84. The van der Waals surface area contributed by atoms with E-state index >= 15 is 0 Å².